The topological polar surface area (TPSA) is 43.7 Å². The Kier molecular flexibility index (Phi) is 6.33. The Balaban J connectivity index is 2.37. The summed E-state index contributed by atoms with van der Waals surface area (Å²) < 4.78 is 0. The maximum atomic E-state index is 10.3. The molecule has 3 nitrogen and oxygen atoms in total. The van der Waals surface area contributed by atoms with E-state index < -0.39 is 11.7 Å². The predicted molar refractivity (Wildman–Crippen MR) is 75.6 cm³/mol. The van der Waals surface area contributed by atoms with E-state index in [0.29, 0.717) is 13.0 Å². The van der Waals surface area contributed by atoms with Crippen molar-refractivity contribution in [2.45, 2.75) is 64.6 Å². The zero-order chi connectivity index (χ0) is 13.6. The number of β-amino-alcohol motifs (C(OH)–C–C–N with tert-alkyl or cyclic N) is 1. The third-order valence-corrected chi connectivity index (χ3v) is 3.80. The van der Waals surface area contributed by atoms with Gasteiger partial charge in [0.15, 0.2) is 0 Å². The maximum Gasteiger partial charge on any atom is 0.0950 e. The van der Waals surface area contributed by atoms with Crippen LogP contribution < -0.4 is 0 Å². The molecule has 0 amide bonds. The van der Waals surface area contributed by atoms with Crippen LogP contribution in [-0.4, -0.2) is 46.5 Å². The molecule has 1 aliphatic rings. The third-order valence-electron chi connectivity index (χ3n) is 3.80. The number of aliphatic hydroxyl groups excluding tert-OH is 1. The van der Waals surface area contributed by atoms with Crippen molar-refractivity contribution < 1.29 is 10.2 Å². The summed E-state index contributed by atoms with van der Waals surface area (Å²) in [7, 11) is 0. The van der Waals surface area contributed by atoms with Crippen LogP contribution in [0.1, 0.15) is 52.9 Å². The molecule has 0 aromatic carbocycles. The van der Waals surface area contributed by atoms with E-state index in [4.69, 9.17) is 0 Å². The summed E-state index contributed by atoms with van der Waals surface area (Å²) in [6.45, 7) is 8.57. The summed E-state index contributed by atoms with van der Waals surface area (Å²) in [6, 6.07) is 0. The van der Waals surface area contributed by atoms with Gasteiger partial charge in [-0.15, -0.1) is 0 Å². The molecular weight excluding hydrogens is 226 g/mol. The van der Waals surface area contributed by atoms with Crippen LogP contribution in [0.25, 0.3) is 0 Å². The second-order valence-electron chi connectivity index (χ2n) is 6.05. The highest BCUT2D eigenvalue weighted by Gasteiger charge is 2.31. The highest BCUT2D eigenvalue weighted by Crippen LogP contribution is 2.20. The molecule has 3 heteroatoms. The summed E-state index contributed by atoms with van der Waals surface area (Å²) in [5.74, 6) is 0. The fourth-order valence-electron chi connectivity index (χ4n) is 2.40. The van der Waals surface area contributed by atoms with Crippen molar-refractivity contribution in [2.24, 2.45) is 0 Å². The lowest BCUT2D eigenvalue weighted by Gasteiger charge is -2.35. The van der Waals surface area contributed by atoms with E-state index in [1.807, 2.05) is 0 Å². The third kappa shape index (κ3) is 5.51. The standard InChI is InChI=1S/C15H29NO2/c1-13(2)8-7-9-15(3,18)14(17)12-16-10-5-4-6-11-16/h8,14,17-18H,4-7,9-12H2,1-3H3. The first-order valence-electron chi connectivity index (χ1n) is 7.18. The van der Waals surface area contributed by atoms with Crippen LogP contribution >= 0.6 is 0 Å². The quantitative estimate of drug-likeness (QED) is 0.716. The van der Waals surface area contributed by atoms with Gasteiger partial charge in [0, 0.05) is 6.54 Å². The molecule has 1 heterocycles. The lowest BCUT2D eigenvalue weighted by atomic mass is 9.92. The summed E-state index contributed by atoms with van der Waals surface area (Å²) in [5.41, 5.74) is 0.278. The largest absolute Gasteiger partial charge is 0.389 e. The first kappa shape index (κ1) is 15.7. The van der Waals surface area contributed by atoms with Gasteiger partial charge >= 0.3 is 0 Å². The monoisotopic (exact) mass is 255 g/mol. The second kappa shape index (κ2) is 7.27. The van der Waals surface area contributed by atoms with Crippen LogP contribution in [0, 0.1) is 0 Å². The van der Waals surface area contributed by atoms with Crippen molar-refractivity contribution in [3.8, 4) is 0 Å². The van der Waals surface area contributed by atoms with E-state index in [9.17, 15) is 10.2 Å². The molecule has 2 atom stereocenters. The fourth-order valence-corrected chi connectivity index (χ4v) is 2.40. The molecule has 2 unspecified atom stereocenters. The van der Waals surface area contributed by atoms with Crippen LogP contribution in [0.3, 0.4) is 0 Å². The van der Waals surface area contributed by atoms with Crippen LogP contribution in [0.15, 0.2) is 11.6 Å². The molecule has 1 rings (SSSR count). The van der Waals surface area contributed by atoms with Crippen LogP contribution in [0.2, 0.25) is 0 Å². The number of piperidine rings is 1. The Morgan fingerprint density at radius 1 is 1.28 bits per heavy atom. The predicted octanol–water partition coefficient (Wildman–Crippen LogP) is 2.33. The van der Waals surface area contributed by atoms with Crippen molar-refractivity contribution in [2.75, 3.05) is 19.6 Å². The van der Waals surface area contributed by atoms with E-state index in [1.54, 1.807) is 6.92 Å². The summed E-state index contributed by atoms with van der Waals surface area (Å²) in [6.07, 6.45) is 6.63. The molecule has 2 N–H and O–H groups in total. The first-order chi connectivity index (χ1) is 8.42. The molecular formula is C15H29NO2. The van der Waals surface area contributed by atoms with Gasteiger partial charge in [-0.3, -0.25) is 0 Å². The Labute approximate surface area is 112 Å². The van der Waals surface area contributed by atoms with Gasteiger partial charge in [0.1, 0.15) is 0 Å². The number of hydrogen-bond donors (Lipinski definition) is 2. The molecule has 0 radical (unpaired) electrons. The maximum absolute atomic E-state index is 10.3. The van der Waals surface area contributed by atoms with Crippen LogP contribution in [-0.2, 0) is 0 Å². The van der Waals surface area contributed by atoms with Gasteiger partial charge in [-0.25, -0.2) is 0 Å². The number of nitrogens with zero attached hydrogens (tertiary/aromatic N) is 1. The minimum absolute atomic E-state index is 0.599. The molecule has 0 aliphatic carbocycles. The normalized spacial score (nSPS) is 22.3. The fraction of sp³-hybridized carbons (Fsp3) is 0.867. The van der Waals surface area contributed by atoms with Gasteiger partial charge in [-0.1, -0.05) is 18.1 Å². The molecule has 0 aromatic heterocycles. The highest BCUT2D eigenvalue weighted by molar-refractivity contribution is 4.95. The Morgan fingerprint density at radius 3 is 2.44 bits per heavy atom. The summed E-state index contributed by atoms with van der Waals surface area (Å²) in [5, 5.41) is 20.5. The molecule has 0 aromatic rings. The Bertz CT molecular complexity index is 264. The highest BCUT2D eigenvalue weighted by atomic mass is 16.3. The van der Waals surface area contributed by atoms with Crippen molar-refractivity contribution in [1.29, 1.82) is 0 Å². The van der Waals surface area contributed by atoms with Gasteiger partial charge < -0.3 is 15.1 Å². The van der Waals surface area contributed by atoms with E-state index in [1.165, 1.54) is 24.8 Å². The molecule has 0 spiro atoms. The zero-order valence-electron chi connectivity index (χ0n) is 12.2. The molecule has 0 saturated carbocycles. The average molecular weight is 255 g/mol. The molecule has 0 bridgehead atoms. The lowest BCUT2D eigenvalue weighted by molar-refractivity contribution is -0.0796. The molecule has 1 fully saturated rings. The van der Waals surface area contributed by atoms with Crippen molar-refractivity contribution in [1.82, 2.24) is 4.90 Å². The Morgan fingerprint density at radius 2 is 1.89 bits per heavy atom. The van der Waals surface area contributed by atoms with E-state index in [-0.39, 0.29) is 0 Å². The lowest BCUT2D eigenvalue weighted by Crippen LogP contribution is -2.47. The summed E-state index contributed by atoms with van der Waals surface area (Å²) >= 11 is 0. The van der Waals surface area contributed by atoms with Crippen LogP contribution in [0.5, 0.6) is 0 Å². The molecule has 18 heavy (non-hydrogen) atoms. The van der Waals surface area contributed by atoms with Gasteiger partial charge in [0.25, 0.3) is 0 Å². The number of aliphatic hydroxyl groups is 2. The second-order valence-corrected chi connectivity index (χ2v) is 6.05. The van der Waals surface area contributed by atoms with Gasteiger partial charge in [-0.05, 0) is 59.5 Å². The van der Waals surface area contributed by atoms with Crippen molar-refractivity contribution in [3.63, 3.8) is 0 Å². The van der Waals surface area contributed by atoms with E-state index in [0.717, 1.165) is 19.5 Å². The van der Waals surface area contributed by atoms with E-state index in [2.05, 4.69) is 24.8 Å². The number of likely N-dealkylation sites (tertiary alicyclic amines) is 1. The summed E-state index contributed by atoms with van der Waals surface area (Å²) in [4.78, 5) is 2.27. The number of hydrogen-bond acceptors (Lipinski definition) is 3. The SMILES string of the molecule is CC(C)=CCCC(C)(O)C(O)CN1CCCCC1. The van der Waals surface area contributed by atoms with Crippen LogP contribution in [0.4, 0.5) is 0 Å². The number of allylic oxidation sites excluding steroid dienone is 2. The van der Waals surface area contributed by atoms with E-state index >= 15 is 0 Å². The molecule has 1 saturated heterocycles. The van der Waals surface area contributed by atoms with Crippen molar-refractivity contribution >= 4 is 0 Å². The van der Waals surface area contributed by atoms with Crippen molar-refractivity contribution in [3.05, 3.63) is 11.6 Å². The number of rotatable bonds is 6. The smallest absolute Gasteiger partial charge is 0.0950 e. The average Bonchev–Trinajstić information content (AvgIpc) is 2.29. The van der Waals surface area contributed by atoms with Gasteiger partial charge in [0.05, 0.1) is 11.7 Å². The Hall–Kier alpha value is -0.380. The zero-order valence-corrected chi connectivity index (χ0v) is 12.2. The molecule has 106 valence electrons. The first-order valence-corrected chi connectivity index (χ1v) is 7.18. The van der Waals surface area contributed by atoms with Gasteiger partial charge in [-0.2, -0.15) is 0 Å². The minimum atomic E-state index is -0.983. The molecule has 1 aliphatic heterocycles. The van der Waals surface area contributed by atoms with Gasteiger partial charge in [0.2, 0.25) is 0 Å². The minimum Gasteiger partial charge on any atom is -0.389 e.